The first-order chi connectivity index (χ1) is 17.0. The van der Waals surface area contributed by atoms with Gasteiger partial charge in [0.25, 0.3) is 0 Å². The first-order valence-corrected chi connectivity index (χ1v) is 12.3. The zero-order valence-electron chi connectivity index (χ0n) is 20.2. The number of rotatable bonds is 5. The summed E-state index contributed by atoms with van der Waals surface area (Å²) in [5.74, 6) is 0.0891. The quantitative estimate of drug-likeness (QED) is 0.505. The summed E-state index contributed by atoms with van der Waals surface area (Å²) in [6.45, 7) is 2.20. The maximum Gasteiger partial charge on any atom is 0.414 e. The third-order valence-corrected chi connectivity index (χ3v) is 7.31. The molecular formula is C27H31N3O5. The SMILES string of the molecule is COC(=O)N1c2ccc3c(nc(COc4ccccc4C(=O)O)n3C3CCCCC3)c2CCC1C. The molecule has 1 aliphatic heterocycles. The number of hydrogen-bond acceptors (Lipinski definition) is 5. The van der Waals surface area contributed by atoms with E-state index in [9.17, 15) is 14.7 Å². The van der Waals surface area contributed by atoms with Crippen LogP contribution in [0.4, 0.5) is 10.5 Å². The number of ether oxygens (including phenoxy) is 2. The van der Waals surface area contributed by atoms with E-state index in [0.717, 1.165) is 53.8 Å². The normalized spacial score (nSPS) is 18.3. The Morgan fingerprint density at radius 2 is 1.86 bits per heavy atom. The highest BCUT2D eigenvalue weighted by atomic mass is 16.5. The van der Waals surface area contributed by atoms with Crippen LogP contribution in [0.15, 0.2) is 36.4 Å². The molecule has 0 saturated heterocycles. The topological polar surface area (TPSA) is 93.9 Å². The molecule has 2 heterocycles. The molecular weight excluding hydrogens is 446 g/mol. The maximum atomic E-state index is 12.6. The molecule has 0 bridgehead atoms. The lowest BCUT2D eigenvalue weighted by atomic mass is 9.94. The number of carboxylic acid groups (broad SMARTS) is 1. The molecule has 1 fully saturated rings. The number of methoxy groups -OCH3 is 1. The number of benzene rings is 2. The molecule has 184 valence electrons. The smallest absolute Gasteiger partial charge is 0.414 e. The number of aromatic nitrogens is 2. The molecule has 0 radical (unpaired) electrons. The van der Waals surface area contributed by atoms with Crippen LogP contribution in [0.1, 0.15) is 73.2 Å². The Bertz CT molecular complexity index is 1260. The van der Waals surface area contributed by atoms with E-state index in [1.807, 2.05) is 13.0 Å². The van der Waals surface area contributed by atoms with Gasteiger partial charge in [-0.3, -0.25) is 4.90 Å². The average molecular weight is 478 g/mol. The van der Waals surface area contributed by atoms with Gasteiger partial charge in [0.2, 0.25) is 0 Å². The highest BCUT2D eigenvalue weighted by Crippen LogP contribution is 2.39. The van der Waals surface area contributed by atoms with Crippen molar-refractivity contribution in [1.29, 1.82) is 0 Å². The first-order valence-electron chi connectivity index (χ1n) is 12.3. The van der Waals surface area contributed by atoms with Gasteiger partial charge in [-0.25, -0.2) is 14.6 Å². The van der Waals surface area contributed by atoms with Crippen molar-refractivity contribution in [2.75, 3.05) is 12.0 Å². The van der Waals surface area contributed by atoms with Crippen LogP contribution in [0.25, 0.3) is 11.0 Å². The number of aromatic carboxylic acids is 1. The number of nitrogens with zero attached hydrogens (tertiary/aromatic N) is 3. The molecule has 8 heteroatoms. The molecule has 1 atom stereocenters. The van der Waals surface area contributed by atoms with E-state index in [0.29, 0.717) is 11.8 Å². The second-order valence-electron chi connectivity index (χ2n) is 9.44. The maximum absolute atomic E-state index is 12.6. The van der Waals surface area contributed by atoms with Gasteiger partial charge in [-0.1, -0.05) is 31.4 Å². The number of carbonyl (C=O) groups is 2. The van der Waals surface area contributed by atoms with Gasteiger partial charge in [-0.05, 0) is 56.9 Å². The van der Waals surface area contributed by atoms with Crippen molar-refractivity contribution in [2.45, 2.75) is 70.6 Å². The zero-order valence-corrected chi connectivity index (χ0v) is 20.2. The number of aryl methyl sites for hydroxylation is 1. The Hall–Kier alpha value is -3.55. The second-order valence-corrected chi connectivity index (χ2v) is 9.44. The van der Waals surface area contributed by atoms with Crippen LogP contribution in [-0.2, 0) is 17.8 Å². The van der Waals surface area contributed by atoms with Crippen LogP contribution < -0.4 is 9.64 Å². The molecule has 5 rings (SSSR count). The number of amides is 1. The molecule has 2 aliphatic rings. The summed E-state index contributed by atoms with van der Waals surface area (Å²) in [7, 11) is 1.41. The predicted molar refractivity (Wildman–Crippen MR) is 132 cm³/mol. The van der Waals surface area contributed by atoms with Crippen molar-refractivity contribution >= 4 is 28.8 Å². The summed E-state index contributed by atoms with van der Waals surface area (Å²) >= 11 is 0. The zero-order chi connectivity index (χ0) is 24.5. The minimum Gasteiger partial charge on any atom is -0.485 e. The van der Waals surface area contributed by atoms with Crippen LogP contribution >= 0.6 is 0 Å². The van der Waals surface area contributed by atoms with E-state index in [4.69, 9.17) is 14.5 Å². The molecule has 1 aromatic heterocycles. The lowest BCUT2D eigenvalue weighted by Gasteiger charge is -2.34. The standard InChI is InChI=1S/C27H31N3O5/c1-17-12-13-19-21(29(17)27(33)34-2)14-15-22-25(19)28-24(30(22)18-8-4-3-5-9-18)16-35-23-11-7-6-10-20(23)26(31)32/h6-7,10-11,14-15,17-18H,3-5,8-9,12-13,16H2,1-2H3,(H,31,32). The summed E-state index contributed by atoms with van der Waals surface area (Å²) in [5, 5.41) is 9.54. The lowest BCUT2D eigenvalue weighted by Crippen LogP contribution is -2.42. The number of fused-ring (bicyclic) bond motifs is 3. The molecule has 1 unspecified atom stereocenters. The molecule has 35 heavy (non-hydrogen) atoms. The van der Waals surface area contributed by atoms with Gasteiger partial charge < -0.3 is 19.1 Å². The molecule has 3 aromatic rings. The highest BCUT2D eigenvalue weighted by molar-refractivity contribution is 5.95. The van der Waals surface area contributed by atoms with E-state index in [1.54, 1.807) is 29.2 Å². The summed E-state index contributed by atoms with van der Waals surface area (Å²) in [4.78, 5) is 31.0. The Morgan fingerprint density at radius 3 is 2.60 bits per heavy atom. The van der Waals surface area contributed by atoms with Gasteiger partial charge in [0, 0.05) is 17.6 Å². The minimum atomic E-state index is -1.02. The summed E-state index contributed by atoms with van der Waals surface area (Å²) in [6, 6.07) is 11.1. The monoisotopic (exact) mass is 477 g/mol. The molecule has 1 saturated carbocycles. The average Bonchev–Trinajstić information content (AvgIpc) is 3.26. The van der Waals surface area contributed by atoms with E-state index < -0.39 is 5.97 Å². The van der Waals surface area contributed by atoms with Gasteiger partial charge in [0.05, 0.1) is 23.8 Å². The Balaban J connectivity index is 1.59. The number of anilines is 1. The summed E-state index contributed by atoms with van der Waals surface area (Å²) in [6.07, 6.45) is 7.02. The summed E-state index contributed by atoms with van der Waals surface area (Å²) in [5.41, 5.74) is 3.96. The molecule has 0 spiro atoms. The van der Waals surface area contributed by atoms with Crippen molar-refractivity contribution in [2.24, 2.45) is 0 Å². The van der Waals surface area contributed by atoms with Gasteiger partial charge >= 0.3 is 12.1 Å². The van der Waals surface area contributed by atoms with Crippen molar-refractivity contribution in [3.05, 3.63) is 53.3 Å². The Morgan fingerprint density at radius 1 is 1.09 bits per heavy atom. The van der Waals surface area contributed by atoms with E-state index in [-0.39, 0.29) is 24.3 Å². The lowest BCUT2D eigenvalue weighted by molar-refractivity contribution is 0.0691. The number of imidazole rings is 1. The fraction of sp³-hybridized carbons (Fsp3) is 0.444. The number of carboxylic acids is 1. The third-order valence-electron chi connectivity index (χ3n) is 7.31. The van der Waals surface area contributed by atoms with Crippen molar-refractivity contribution < 1.29 is 24.2 Å². The first kappa shape index (κ1) is 23.2. The molecule has 1 aliphatic carbocycles. The van der Waals surface area contributed by atoms with E-state index in [2.05, 4.69) is 10.6 Å². The summed E-state index contributed by atoms with van der Waals surface area (Å²) < 4.78 is 13.4. The number of para-hydroxylation sites is 1. The van der Waals surface area contributed by atoms with Gasteiger partial charge in [-0.2, -0.15) is 0 Å². The molecule has 2 aromatic carbocycles. The van der Waals surface area contributed by atoms with Gasteiger partial charge in [0.1, 0.15) is 23.7 Å². The largest absolute Gasteiger partial charge is 0.485 e. The van der Waals surface area contributed by atoms with Crippen molar-refractivity contribution in [1.82, 2.24) is 9.55 Å². The van der Waals surface area contributed by atoms with E-state index in [1.165, 1.54) is 26.4 Å². The fourth-order valence-electron chi connectivity index (χ4n) is 5.58. The van der Waals surface area contributed by atoms with Crippen molar-refractivity contribution in [3.8, 4) is 5.75 Å². The van der Waals surface area contributed by atoms with Crippen LogP contribution in [-0.4, -0.2) is 39.9 Å². The van der Waals surface area contributed by atoms with Gasteiger partial charge in [0.15, 0.2) is 0 Å². The van der Waals surface area contributed by atoms with Crippen LogP contribution in [0.2, 0.25) is 0 Å². The molecule has 1 N–H and O–H groups in total. The minimum absolute atomic E-state index is 0.0446. The van der Waals surface area contributed by atoms with Crippen LogP contribution in [0, 0.1) is 0 Å². The predicted octanol–water partition coefficient (Wildman–Crippen LogP) is 5.73. The number of carbonyl (C=O) groups excluding carboxylic acids is 1. The van der Waals surface area contributed by atoms with E-state index >= 15 is 0 Å². The second kappa shape index (κ2) is 9.60. The van der Waals surface area contributed by atoms with Crippen LogP contribution in [0.3, 0.4) is 0 Å². The molecule has 8 nitrogen and oxygen atoms in total. The Kier molecular flexibility index (Phi) is 6.36. The number of hydrogen-bond donors (Lipinski definition) is 1. The Labute approximate surface area is 204 Å². The molecule has 1 amide bonds. The van der Waals surface area contributed by atoms with Crippen LogP contribution in [0.5, 0.6) is 5.75 Å². The third kappa shape index (κ3) is 4.22. The fourth-order valence-corrected chi connectivity index (χ4v) is 5.58. The van der Waals surface area contributed by atoms with Gasteiger partial charge in [-0.15, -0.1) is 0 Å². The van der Waals surface area contributed by atoms with Crippen molar-refractivity contribution in [3.63, 3.8) is 0 Å². The highest BCUT2D eigenvalue weighted by Gasteiger charge is 2.32.